The lowest BCUT2D eigenvalue weighted by Crippen LogP contribution is -2.28. The maximum Gasteiger partial charge on any atom is 0.220 e. The number of methoxy groups -OCH3 is 1. The predicted octanol–water partition coefficient (Wildman–Crippen LogP) is 3.05. The van der Waals surface area contributed by atoms with Crippen LogP contribution in [0.4, 0.5) is 0 Å². The molecule has 0 aliphatic rings. The Bertz CT molecular complexity index is 616. The Morgan fingerprint density at radius 3 is 2.38 bits per heavy atom. The summed E-state index contributed by atoms with van der Waals surface area (Å²) >= 11 is 0. The first-order valence-electron chi connectivity index (χ1n) is 8.00. The largest absolute Gasteiger partial charge is 0.494 e. The second-order valence-electron chi connectivity index (χ2n) is 5.11. The van der Waals surface area contributed by atoms with Gasteiger partial charge in [-0.1, -0.05) is 30.3 Å². The molecule has 128 valence electrons. The van der Waals surface area contributed by atoms with E-state index in [-0.39, 0.29) is 5.91 Å². The highest BCUT2D eigenvalue weighted by Gasteiger charge is 2.04. The molecule has 0 radical (unpaired) electrons. The first-order valence-corrected chi connectivity index (χ1v) is 8.00. The van der Waals surface area contributed by atoms with Gasteiger partial charge in [-0.2, -0.15) is 0 Å². The Kier molecular flexibility index (Phi) is 7.47. The molecular weight excluding hydrogens is 306 g/mol. The third kappa shape index (κ3) is 6.20. The van der Waals surface area contributed by atoms with Crippen molar-refractivity contribution in [3.05, 3.63) is 54.6 Å². The molecule has 0 spiro atoms. The summed E-state index contributed by atoms with van der Waals surface area (Å²) in [5.74, 6) is 2.17. The number of rotatable bonds is 10. The zero-order chi connectivity index (χ0) is 17.0. The van der Waals surface area contributed by atoms with Crippen molar-refractivity contribution >= 4 is 5.91 Å². The molecule has 0 heterocycles. The van der Waals surface area contributed by atoms with Crippen molar-refractivity contribution < 1.29 is 19.0 Å². The van der Waals surface area contributed by atoms with Crippen LogP contribution in [0.1, 0.15) is 12.8 Å². The van der Waals surface area contributed by atoms with Gasteiger partial charge in [-0.15, -0.1) is 0 Å². The van der Waals surface area contributed by atoms with E-state index in [0.29, 0.717) is 44.1 Å². The zero-order valence-electron chi connectivity index (χ0n) is 13.9. The van der Waals surface area contributed by atoms with E-state index in [1.807, 2.05) is 54.6 Å². The molecule has 24 heavy (non-hydrogen) atoms. The lowest BCUT2D eigenvalue weighted by Gasteiger charge is -2.11. The number of ether oxygens (including phenoxy) is 3. The molecule has 5 heteroatoms. The van der Waals surface area contributed by atoms with Crippen LogP contribution in [0.3, 0.4) is 0 Å². The molecule has 0 atom stereocenters. The number of carbonyl (C=O) groups excluding carboxylic acids is 1. The lowest BCUT2D eigenvalue weighted by molar-refractivity contribution is -0.121. The van der Waals surface area contributed by atoms with Crippen LogP contribution >= 0.6 is 0 Å². The predicted molar refractivity (Wildman–Crippen MR) is 92.7 cm³/mol. The van der Waals surface area contributed by atoms with E-state index >= 15 is 0 Å². The molecular formula is C19H23NO4. The fourth-order valence-electron chi connectivity index (χ4n) is 2.12. The fourth-order valence-corrected chi connectivity index (χ4v) is 2.12. The zero-order valence-corrected chi connectivity index (χ0v) is 13.9. The Labute approximate surface area is 142 Å². The number of hydrogen-bond acceptors (Lipinski definition) is 4. The summed E-state index contributed by atoms with van der Waals surface area (Å²) in [6, 6.07) is 17.0. The van der Waals surface area contributed by atoms with E-state index in [1.54, 1.807) is 7.11 Å². The van der Waals surface area contributed by atoms with Gasteiger partial charge in [0.05, 0.1) is 20.3 Å². The molecule has 0 fully saturated rings. The molecule has 0 aliphatic heterocycles. The monoisotopic (exact) mass is 329 g/mol. The second kappa shape index (κ2) is 10.2. The van der Waals surface area contributed by atoms with E-state index in [4.69, 9.17) is 14.2 Å². The Balaban J connectivity index is 1.55. The Morgan fingerprint density at radius 1 is 0.917 bits per heavy atom. The highest BCUT2D eigenvalue weighted by atomic mass is 16.5. The summed E-state index contributed by atoms with van der Waals surface area (Å²) in [6.07, 6.45) is 1.11. The number of carbonyl (C=O) groups is 1. The van der Waals surface area contributed by atoms with Crippen molar-refractivity contribution in [3.8, 4) is 17.2 Å². The maximum absolute atomic E-state index is 11.7. The first-order chi connectivity index (χ1) is 11.8. The number of para-hydroxylation sites is 3. The van der Waals surface area contributed by atoms with Crippen LogP contribution in [0, 0.1) is 0 Å². The van der Waals surface area contributed by atoms with Gasteiger partial charge < -0.3 is 19.5 Å². The summed E-state index contributed by atoms with van der Waals surface area (Å²) in [5, 5.41) is 2.83. The number of hydrogen-bond donors (Lipinski definition) is 1. The maximum atomic E-state index is 11.7. The quantitative estimate of drug-likeness (QED) is 0.681. The number of nitrogens with one attached hydrogen (secondary N) is 1. The van der Waals surface area contributed by atoms with Crippen molar-refractivity contribution in [3.63, 3.8) is 0 Å². The molecule has 2 rings (SSSR count). The first kappa shape index (κ1) is 17.7. The van der Waals surface area contributed by atoms with Crippen molar-refractivity contribution in [2.45, 2.75) is 12.8 Å². The van der Waals surface area contributed by atoms with Gasteiger partial charge in [-0.05, 0) is 30.7 Å². The molecule has 0 bridgehead atoms. The van der Waals surface area contributed by atoms with Crippen LogP contribution in [0.2, 0.25) is 0 Å². The Hall–Kier alpha value is -2.69. The van der Waals surface area contributed by atoms with E-state index in [0.717, 1.165) is 5.75 Å². The number of benzene rings is 2. The van der Waals surface area contributed by atoms with E-state index in [2.05, 4.69) is 5.32 Å². The van der Waals surface area contributed by atoms with Gasteiger partial charge in [-0.3, -0.25) is 4.79 Å². The van der Waals surface area contributed by atoms with Gasteiger partial charge in [0.2, 0.25) is 5.91 Å². The van der Waals surface area contributed by atoms with E-state index in [1.165, 1.54) is 0 Å². The van der Waals surface area contributed by atoms with Gasteiger partial charge >= 0.3 is 0 Å². The van der Waals surface area contributed by atoms with Gasteiger partial charge in [-0.25, -0.2) is 0 Å². The minimum Gasteiger partial charge on any atom is -0.494 e. The average Bonchev–Trinajstić information content (AvgIpc) is 2.63. The van der Waals surface area contributed by atoms with Crippen molar-refractivity contribution in [1.82, 2.24) is 5.32 Å². The summed E-state index contributed by atoms with van der Waals surface area (Å²) in [4.78, 5) is 11.7. The SMILES string of the molecule is COc1ccccc1OCCNC(=O)CCCOc1ccccc1. The van der Waals surface area contributed by atoms with Crippen LogP contribution in [0.25, 0.3) is 0 Å². The third-order valence-electron chi connectivity index (χ3n) is 3.31. The summed E-state index contributed by atoms with van der Waals surface area (Å²) in [7, 11) is 1.60. The van der Waals surface area contributed by atoms with Crippen molar-refractivity contribution in [2.75, 3.05) is 26.9 Å². The average molecular weight is 329 g/mol. The van der Waals surface area contributed by atoms with E-state index < -0.39 is 0 Å². The molecule has 1 N–H and O–H groups in total. The van der Waals surface area contributed by atoms with Crippen LogP contribution < -0.4 is 19.5 Å². The normalized spacial score (nSPS) is 10.0. The second-order valence-corrected chi connectivity index (χ2v) is 5.11. The Morgan fingerprint density at radius 2 is 1.62 bits per heavy atom. The molecule has 0 saturated heterocycles. The van der Waals surface area contributed by atoms with Crippen LogP contribution in [-0.2, 0) is 4.79 Å². The van der Waals surface area contributed by atoms with Crippen LogP contribution in [0.15, 0.2) is 54.6 Å². The van der Waals surface area contributed by atoms with E-state index in [9.17, 15) is 4.79 Å². The van der Waals surface area contributed by atoms with Gasteiger partial charge in [0.25, 0.3) is 0 Å². The molecule has 0 aromatic heterocycles. The third-order valence-corrected chi connectivity index (χ3v) is 3.31. The lowest BCUT2D eigenvalue weighted by atomic mass is 10.3. The highest BCUT2D eigenvalue weighted by Crippen LogP contribution is 2.25. The molecule has 0 aliphatic carbocycles. The molecule has 5 nitrogen and oxygen atoms in total. The minimum atomic E-state index is -0.00436. The highest BCUT2D eigenvalue weighted by molar-refractivity contribution is 5.75. The molecule has 0 unspecified atom stereocenters. The van der Waals surface area contributed by atoms with Gasteiger partial charge in [0, 0.05) is 6.42 Å². The summed E-state index contributed by atoms with van der Waals surface area (Å²) in [6.45, 7) is 1.37. The summed E-state index contributed by atoms with van der Waals surface area (Å²) in [5.41, 5.74) is 0. The minimum absolute atomic E-state index is 0.00436. The molecule has 2 aromatic carbocycles. The molecule has 2 aromatic rings. The van der Waals surface area contributed by atoms with Crippen molar-refractivity contribution in [1.29, 1.82) is 0 Å². The fraction of sp³-hybridized carbons (Fsp3) is 0.316. The smallest absolute Gasteiger partial charge is 0.220 e. The van der Waals surface area contributed by atoms with Gasteiger partial charge in [0.15, 0.2) is 11.5 Å². The van der Waals surface area contributed by atoms with Crippen molar-refractivity contribution in [2.24, 2.45) is 0 Å². The van der Waals surface area contributed by atoms with Gasteiger partial charge in [0.1, 0.15) is 12.4 Å². The number of amides is 1. The summed E-state index contributed by atoms with van der Waals surface area (Å²) < 4.78 is 16.3. The standard InChI is InChI=1S/C19H23NO4/c1-22-17-10-5-6-11-18(17)24-15-13-20-19(21)12-7-14-23-16-8-3-2-4-9-16/h2-6,8-11H,7,12-15H2,1H3,(H,20,21). The molecule has 1 amide bonds. The topological polar surface area (TPSA) is 56.8 Å². The molecule has 0 saturated carbocycles. The van der Waals surface area contributed by atoms with Crippen LogP contribution in [0.5, 0.6) is 17.2 Å². The van der Waals surface area contributed by atoms with Crippen LogP contribution in [-0.4, -0.2) is 32.8 Å².